The van der Waals surface area contributed by atoms with E-state index in [1.54, 1.807) is 0 Å². The van der Waals surface area contributed by atoms with Crippen LogP contribution >= 0.6 is 0 Å². The minimum atomic E-state index is -1.26. The number of esters is 1. The molecule has 0 saturated heterocycles. The zero-order chi connectivity index (χ0) is 7.49. The molecule has 0 saturated carbocycles. The fourth-order valence-corrected chi connectivity index (χ4v) is 0.298. The fraction of sp³-hybridized carbons (Fsp3) is 0.800. The molecule has 4 heteroatoms. The summed E-state index contributed by atoms with van der Waals surface area (Å²) in [5.41, 5.74) is 3.99. The summed E-state index contributed by atoms with van der Waals surface area (Å²) < 4.78 is 4.28. The van der Waals surface area contributed by atoms with Crippen LogP contribution in [0.2, 0.25) is 0 Å². The molecule has 0 aliphatic rings. The van der Waals surface area contributed by atoms with Crippen LogP contribution in [0, 0.1) is 0 Å². The van der Waals surface area contributed by atoms with Gasteiger partial charge in [0, 0.05) is 0 Å². The Bertz CT molecular complexity index is 111. The Balaban J connectivity index is 3.97. The van der Waals surface area contributed by atoms with Gasteiger partial charge < -0.3 is 15.6 Å². The molecule has 4 nitrogen and oxygen atoms in total. The van der Waals surface area contributed by atoms with E-state index in [-0.39, 0.29) is 0 Å². The molecule has 0 rings (SSSR count). The molecular weight excluding hydrogens is 122 g/mol. The molecule has 0 spiro atoms. The van der Waals surface area contributed by atoms with Crippen LogP contribution in [0.15, 0.2) is 0 Å². The van der Waals surface area contributed by atoms with Gasteiger partial charge in [-0.05, 0) is 6.92 Å². The SMILES string of the molecule is COC(=O)C(C)(N)CO. The van der Waals surface area contributed by atoms with E-state index >= 15 is 0 Å². The summed E-state index contributed by atoms with van der Waals surface area (Å²) in [6, 6.07) is 0. The van der Waals surface area contributed by atoms with E-state index in [1.165, 1.54) is 14.0 Å². The monoisotopic (exact) mass is 133 g/mol. The number of carbonyl (C=O) groups is 1. The van der Waals surface area contributed by atoms with E-state index in [1.807, 2.05) is 0 Å². The zero-order valence-electron chi connectivity index (χ0n) is 5.55. The van der Waals surface area contributed by atoms with Gasteiger partial charge in [-0.15, -0.1) is 0 Å². The van der Waals surface area contributed by atoms with Crippen molar-refractivity contribution < 1.29 is 14.6 Å². The van der Waals surface area contributed by atoms with Crippen molar-refractivity contribution in [1.29, 1.82) is 0 Å². The van der Waals surface area contributed by atoms with Crippen molar-refractivity contribution >= 4 is 5.97 Å². The Morgan fingerprint density at radius 2 is 2.33 bits per heavy atom. The summed E-state index contributed by atoms with van der Waals surface area (Å²) >= 11 is 0. The minimum absolute atomic E-state index is 0.403. The lowest BCUT2D eigenvalue weighted by atomic mass is 10.1. The summed E-state index contributed by atoms with van der Waals surface area (Å²) in [4.78, 5) is 10.6. The van der Waals surface area contributed by atoms with E-state index in [2.05, 4.69) is 4.74 Å². The zero-order valence-corrected chi connectivity index (χ0v) is 5.55. The van der Waals surface area contributed by atoms with E-state index in [0.29, 0.717) is 0 Å². The van der Waals surface area contributed by atoms with E-state index < -0.39 is 18.1 Å². The first-order chi connectivity index (χ1) is 4.04. The number of rotatable bonds is 2. The molecule has 0 aliphatic heterocycles. The van der Waals surface area contributed by atoms with Crippen LogP contribution in [-0.4, -0.2) is 30.3 Å². The van der Waals surface area contributed by atoms with Crippen LogP contribution < -0.4 is 5.73 Å². The second-order valence-corrected chi connectivity index (χ2v) is 2.07. The van der Waals surface area contributed by atoms with Crippen LogP contribution in [0.4, 0.5) is 0 Å². The minimum Gasteiger partial charge on any atom is -0.468 e. The summed E-state index contributed by atoms with van der Waals surface area (Å²) in [5, 5.41) is 8.47. The number of ether oxygens (including phenoxy) is 1. The molecule has 0 amide bonds. The van der Waals surface area contributed by atoms with E-state index in [4.69, 9.17) is 10.8 Å². The van der Waals surface area contributed by atoms with Gasteiger partial charge in [-0.3, -0.25) is 0 Å². The van der Waals surface area contributed by atoms with Crippen LogP contribution in [0.25, 0.3) is 0 Å². The number of aliphatic hydroxyl groups is 1. The first kappa shape index (κ1) is 8.39. The quantitative estimate of drug-likeness (QED) is 0.467. The number of aliphatic hydroxyl groups excluding tert-OH is 1. The highest BCUT2D eigenvalue weighted by molar-refractivity contribution is 5.79. The predicted molar refractivity (Wildman–Crippen MR) is 31.7 cm³/mol. The topological polar surface area (TPSA) is 72.5 Å². The van der Waals surface area contributed by atoms with Crippen molar-refractivity contribution in [3.63, 3.8) is 0 Å². The van der Waals surface area contributed by atoms with Crippen molar-refractivity contribution in [2.24, 2.45) is 5.73 Å². The van der Waals surface area contributed by atoms with Crippen LogP contribution in [0.5, 0.6) is 0 Å². The third-order valence-electron chi connectivity index (χ3n) is 0.980. The molecule has 0 heterocycles. The summed E-state index contributed by atoms with van der Waals surface area (Å²) in [6.45, 7) is 0.999. The number of nitrogens with two attached hydrogens (primary N) is 1. The van der Waals surface area contributed by atoms with Crippen LogP contribution in [0.3, 0.4) is 0 Å². The Kier molecular flexibility index (Phi) is 2.61. The smallest absolute Gasteiger partial charge is 0.327 e. The molecule has 3 N–H and O–H groups in total. The summed E-state index contributed by atoms with van der Waals surface area (Å²) in [5.74, 6) is -0.606. The highest BCUT2D eigenvalue weighted by Gasteiger charge is 2.27. The molecule has 0 bridgehead atoms. The lowest BCUT2D eigenvalue weighted by Crippen LogP contribution is -2.48. The molecule has 0 radical (unpaired) electrons. The van der Waals surface area contributed by atoms with Gasteiger partial charge >= 0.3 is 5.97 Å². The van der Waals surface area contributed by atoms with Crippen LogP contribution in [-0.2, 0) is 9.53 Å². The molecular formula is C5H11NO3. The first-order valence-electron chi connectivity index (χ1n) is 2.52. The average Bonchev–Trinajstić information content (AvgIpc) is 1.86. The third-order valence-corrected chi connectivity index (χ3v) is 0.980. The fourth-order valence-electron chi connectivity index (χ4n) is 0.298. The van der Waals surface area contributed by atoms with Gasteiger partial charge in [-0.2, -0.15) is 0 Å². The maximum absolute atomic E-state index is 10.6. The van der Waals surface area contributed by atoms with Gasteiger partial charge in [0.05, 0.1) is 13.7 Å². The largest absolute Gasteiger partial charge is 0.468 e. The van der Waals surface area contributed by atoms with Crippen LogP contribution in [0.1, 0.15) is 6.92 Å². The molecule has 0 aromatic carbocycles. The lowest BCUT2D eigenvalue weighted by Gasteiger charge is -2.17. The molecule has 0 aliphatic carbocycles. The Labute approximate surface area is 53.6 Å². The Morgan fingerprint density at radius 3 is 2.44 bits per heavy atom. The van der Waals surface area contributed by atoms with Crippen molar-refractivity contribution in [3.8, 4) is 0 Å². The molecule has 9 heavy (non-hydrogen) atoms. The maximum Gasteiger partial charge on any atom is 0.327 e. The molecule has 0 aromatic heterocycles. The second-order valence-electron chi connectivity index (χ2n) is 2.07. The van der Waals surface area contributed by atoms with Gasteiger partial charge in [0.15, 0.2) is 0 Å². The Morgan fingerprint density at radius 1 is 1.89 bits per heavy atom. The summed E-state index contributed by atoms with van der Waals surface area (Å²) in [7, 11) is 1.23. The summed E-state index contributed by atoms with van der Waals surface area (Å²) in [6.07, 6.45) is 0. The first-order valence-corrected chi connectivity index (χ1v) is 2.52. The second kappa shape index (κ2) is 2.80. The van der Waals surface area contributed by atoms with Crippen molar-refractivity contribution in [2.45, 2.75) is 12.5 Å². The molecule has 1 atom stereocenters. The molecule has 0 aromatic rings. The number of hydrogen-bond donors (Lipinski definition) is 2. The van der Waals surface area contributed by atoms with Crippen molar-refractivity contribution in [1.82, 2.24) is 0 Å². The van der Waals surface area contributed by atoms with Gasteiger partial charge in [-0.25, -0.2) is 4.79 Å². The lowest BCUT2D eigenvalue weighted by molar-refractivity contribution is -0.147. The van der Waals surface area contributed by atoms with E-state index in [0.717, 1.165) is 0 Å². The van der Waals surface area contributed by atoms with E-state index in [9.17, 15) is 4.79 Å². The van der Waals surface area contributed by atoms with Gasteiger partial charge in [0.25, 0.3) is 0 Å². The Hall–Kier alpha value is -0.610. The number of hydrogen-bond acceptors (Lipinski definition) is 4. The highest BCUT2D eigenvalue weighted by Crippen LogP contribution is 1.98. The number of methoxy groups -OCH3 is 1. The van der Waals surface area contributed by atoms with Gasteiger partial charge in [-0.1, -0.05) is 0 Å². The number of carbonyl (C=O) groups excluding carboxylic acids is 1. The predicted octanol–water partition coefficient (Wildman–Crippen LogP) is -1.13. The maximum atomic E-state index is 10.6. The molecule has 0 fully saturated rings. The molecule has 1 unspecified atom stereocenters. The van der Waals surface area contributed by atoms with Crippen molar-refractivity contribution in [2.75, 3.05) is 13.7 Å². The average molecular weight is 133 g/mol. The standard InChI is InChI=1S/C5H11NO3/c1-5(6,3-7)4(8)9-2/h7H,3,6H2,1-2H3. The van der Waals surface area contributed by atoms with Gasteiger partial charge in [0.2, 0.25) is 0 Å². The van der Waals surface area contributed by atoms with Crippen molar-refractivity contribution in [3.05, 3.63) is 0 Å². The highest BCUT2D eigenvalue weighted by atomic mass is 16.5. The molecule has 54 valence electrons. The normalized spacial score (nSPS) is 16.4. The third kappa shape index (κ3) is 1.99. The van der Waals surface area contributed by atoms with Gasteiger partial charge in [0.1, 0.15) is 5.54 Å².